The average Bonchev–Trinajstić information content (AvgIpc) is 2.47. The highest BCUT2D eigenvalue weighted by Crippen LogP contribution is 2.17. The minimum atomic E-state index is -3.85. The number of carbonyl (C=O) groups is 1. The molecule has 128 valence electrons. The van der Waals surface area contributed by atoms with Gasteiger partial charge in [-0.2, -0.15) is 0 Å². The predicted molar refractivity (Wildman–Crippen MR) is 89.0 cm³/mol. The van der Waals surface area contributed by atoms with Gasteiger partial charge in [-0.25, -0.2) is 22.0 Å². The Morgan fingerprint density at radius 3 is 1.92 bits per heavy atom. The number of carbonyl (C=O) groups excluding carboxylic acids is 1. The number of sulfonamides is 2. The molecule has 2 rings (SSSR count). The molecule has 0 spiro atoms. The van der Waals surface area contributed by atoms with Gasteiger partial charge in [-0.05, 0) is 42.0 Å². The Morgan fingerprint density at radius 1 is 0.917 bits per heavy atom. The minimum Gasteiger partial charge on any atom is -0.366 e. The number of rotatable bonds is 6. The number of anilines is 1. The summed E-state index contributed by atoms with van der Waals surface area (Å²) in [5, 5.41) is 4.94. The number of nitrogens with one attached hydrogen (secondary N) is 1. The molecular weight excluding hydrogens is 354 g/mol. The van der Waals surface area contributed by atoms with E-state index in [1.807, 2.05) is 0 Å². The first-order valence-electron chi connectivity index (χ1n) is 6.59. The zero-order chi connectivity index (χ0) is 18.0. The highest BCUT2D eigenvalue weighted by atomic mass is 32.2. The molecule has 0 aromatic heterocycles. The summed E-state index contributed by atoms with van der Waals surface area (Å²) in [6.07, 6.45) is 0. The summed E-state index contributed by atoms with van der Waals surface area (Å²) in [5.41, 5.74) is 5.99. The van der Waals surface area contributed by atoms with E-state index in [1.165, 1.54) is 48.5 Å². The van der Waals surface area contributed by atoms with Crippen molar-refractivity contribution in [2.75, 3.05) is 4.72 Å². The van der Waals surface area contributed by atoms with Crippen LogP contribution in [0.4, 0.5) is 5.69 Å². The topological polar surface area (TPSA) is 149 Å². The predicted octanol–water partition coefficient (Wildman–Crippen LogP) is 0.375. The molecule has 0 aliphatic heterocycles. The fraction of sp³-hybridized carbons (Fsp3) is 0.0714. The van der Waals surface area contributed by atoms with Crippen molar-refractivity contribution in [2.24, 2.45) is 10.9 Å². The average molecular weight is 369 g/mol. The Bertz CT molecular complexity index is 950. The zero-order valence-electron chi connectivity index (χ0n) is 12.3. The number of amides is 1. The second kappa shape index (κ2) is 6.59. The molecule has 2 aromatic carbocycles. The lowest BCUT2D eigenvalue weighted by atomic mass is 10.2. The first-order chi connectivity index (χ1) is 11.1. The second-order valence-corrected chi connectivity index (χ2v) is 8.30. The molecule has 1 amide bonds. The van der Waals surface area contributed by atoms with Crippen molar-refractivity contribution in [3.63, 3.8) is 0 Å². The molecule has 10 heteroatoms. The molecular formula is C14H15N3O5S2. The van der Waals surface area contributed by atoms with Gasteiger partial charge in [-0.3, -0.25) is 9.52 Å². The molecule has 0 heterocycles. The summed E-state index contributed by atoms with van der Waals surface area (Å²) in [4.78, 5) is 10.9. The van der Waals surface area contributed by atoms with Crippen LogP contribution in [0.1, 0.15) is 15.9 Å². The van der Waals surface area contributed by atoms with Gasteiger partial charge in [0.1, 0.15) is 0 Å². The van der Waals surface area contributed by atoms with Crippen molar-refractivity contribution in [1.29, 1.82) is 0 Å². The Labute approximate surface area is 139 Å². The van der Waals surface area contributed by atoms with E-state index >= 15 is 0 Å². The van der Waals surface area contributed by atoms with Gasteiger partial charge in [0.15, 0.2) is 0 Å². The van der Waals surface area contributed by atoms with E-state index in [4.69, 9.17) is 10.9 Å². The standard InChI is InChI=1S/C14H15N3O5S2/c15-14(18)11-3-7-13(8-4-11)24(21,22)17-12-5-1-10(2-6-12)9-23(16,19)20/h1-8,17H,9H2,(H2,15,18)(H2,16,19,20). The SMILES string of the molecule is NC(=O)c1ccc(S(=O)(=O)Nc2ccc(CS(N)(=O)=O)cc2)cc1. The van der Waals surface area contributed by atoms with E-state index in [2.05, 4.69) is 4.72 Å². The summed E-state index contributed by atoms with van der Waals surface area (Å²) in [6.45, 7) is 0. The smallest absolute Gasteiger partial charge is 0.261 e. The van der Waals surface area contributed by atoms with Gasteiger partial charge >= 0.3 is 0 Å². The molecule has 8 nitrogen and oxygen atoms in total. The lowest BCUT2D eigenvalue weighted by Gasteiger charge is -2.09. The van der Waals surface area contributed by atoms with Gasteiger partial charge in [-0.1, -0.05) is 12.1 Å². The first-order valence-corrected chi connectivity index (χ1v) is 9.79. The summed E-state index contributed by atoms with van der Waals surface area (Å²) < 4.78 is 48.9. The second-order valence-electron chi connectivity index (χ2n) is 5.00. The van der Waals surface area contributed by atoms with E-state index in [-0.39, 0.29) is 21.9 Å². The third kappa shape index (κ3) is 4.78. The van der Waals surface area contributed by atoms with E-state index in [9.17, 15) is 21.6 Å². The molecule has 0 saturated heterocycles. The van der Waals surface area contributed by atoms with Gasteiger partial charge in [0.05, 0.1) is 10.6 Å². The van der Waals surface area contributed by atoms with Crippen LogP contribution in [0.15, 0.2) is 53.4 Å². The Hall–Kier alpha value is -2.43. The third-order valence-electron chi connectivity index (χ3n) is 3.02. The van der Waals surface area contributed by atoms with Crippen molar-refractivity contribution in [3.05, 3.63) is 59.7 Å². The molecule has 0 atom stereocenters. The van der Waals surface area contributed by atoms with Crippen LogP contribution in [0.3, 0.4) is 0 Å². The van der Waals surface area contributed by atoms with Crippen molar-refractivity contribution in [2.45, 2.75) is 10.6 Å². The summed E-state index contributed by atoms with van der Waals surface area (Å²) in [6, 6.07) is 10.9. The molecule has 0 bridgehead atoms. The van der Waals surface area contributed by atoms with Crippen LogP contribution in [-0.2, 0) is 25.8 Å². The normalized spacial score (nSPS) is 11.9. The van der Waals surface area contributed by atoms with E-state index in [1.54, 1.807) is 0 Å². The van der Waals surface area contributed by atoms with Crippen LogP contribution >= 0.6 is 0 Å². The van der Waals surface area contributed by atoms with Crippen molar-refractivity contribution in [1.82, 2.24) is 0 Å². The molecule has 0 unspecified atom stereocenters. The van der Waals surface area contributed by atoms with E-state index in [0.29, 0.717) is 5.56 Å². The maximum absolute atomic E-state index is 12.3. The van der Waals surface area contributed by atoms with Crippen molar-refractivity contribution < 1.29 is 21.6 Å². The highest BCUT2D eigenvalue weighted by Gasteiger charge is 2.15. The first kappa shape index (κ1) is 17.9. The summed E-state index contributed by atoms with van der Waals surface area (Å²) in [7, 11) is -7.50. The van der Waals surface area contributed by atoms with E-state index < -0.39 is 26.0 Å². The van der Waals surface area contributed by atoms with Gasteiger partial charge in [0.25, 0.3) is 10.0 Å². The Balaban J connectivity index is 2.18. The summed E-state index contributed by atoms with van der Waals surface area (Å²) in [5.74, 6) is -0.994. The summed E-state index contributed by atoms with van der Waals surface area (Å²) >= 11 is 0. The number of primary amides is 1. The van der Waals surface area contributed by atoms with Gasteiger partial charge < -0.3 is 5.73 Å². The van der Waals surface area contributed by atoms with Crippen LogP contribution < -0.4 is 15.6 Å². The van der Waals surface area contributed by atoms with Crippen molar-refractivity contribution >= 4 is 31.6 Å². The van der Waals surface area contributed by atoms with Crippen LogP contribution in [-0.4, -0.2) is 22.7 Å². The van der Waals surface area contributed by atoms with Crippen LogP contribution in [0, 0.1) is 0 Å². The van der Waals surface area contributed by atoms with Crippen LogP contribution in [0.2, 0.25) is 0 Å². The fourth-order valence-corrected chi connectivity index (χ4v) is 3.63. The lowest BCUT2D eigenvalue weighted by molar-refractivity contribution is 0.1000. The number of hydrogen-bond donors (Lipinski definition) is 3. The molecule has 0 aliphatic rings. The number of hydrogen-bond acceptors (Lipinski definition) is 5. The maximum atomic E-state index is 12.3. The van der Waals surface area contributed by atoms with Gasteiger partial charge in [0.2, 0.25) is 15.9 Å². The van der Waals surface area contributed by atoms with Crippen LogP contribution in [0.5, 0.6) is 0 Å². The molecule has 0 radical (unpaired) electrons. The lowest BCUT2D eigenvalue weighted by Crippen LogP contribution is -2.15. The number of benzene rings is 2. The van der Waals surface area contributed by atoms with Gasteiger partial charge in [-0.15, -0.1) is 0 Å². The minimum absolute atomic E-state index is 0.0406. The largest absolute Gasteiger partial charge is 0.366 e. The van der Waals surface area contributed by atoms with Crippen LogP contribution in [0.25, 0.3) is 0 Å². The zero-order valence-corrected chi connectivity index (χ0v) is 14.0. The van der Waals surface area contributed by atoms with Crippen molar-refractivity contribution in [3.8, 4) is 0 Å². The molecule has 2 aromatic rings. The monoisotopic (exact) mass is 369 g/mol. The maximum Gasteiger partial charge on any atom is 0.261 e. The quantitative estimate of drug-likeness (QED) is 0.672. The Kier molecular flexibility index (Phi) is 4.92. The molecule has 24 heavy (non-hydrogen) atoms. The number of nitrogens with two attached hydrogens (primary N) is 2. The van der Waals surface area contributed by atoms with Gasteiger partial charge in [0, 0.05) is 11.3 Å². The molecule has 0 aliphatic carbocycles. The third-order valence-corrected chi connectivity index (χ3v) is 5.16. The van der Waals surface area contributed by atoms with E-state index in [0.717, 1.165) is 0 Å². The number of primary sulfonamides is 1. The molecule has 0 fully saturated rings. The molecule has 0 saturated carbocycles. The molecule has 5 N–H and O–H groups in total. The fourth-order valence-electron chi connectivity index (χ4n) is 1.91. The highest BCUT2D eigenvalue weighted by molar-refractivity contribution is 7.92. The Morgan fingerprint density at radius 2 is 1.46 bits per heavy atom.